The monoisotopic (exact) mass is 300 g/mol. The molecular formula is C15H12F4O2. The minimum atomic E-state index is -2.10. The summed E-state index contributed by atoms with van der Waals surface area (Å²) >= 11 is 0. The maximum atomic E-state index is 13.9. The highest BCUT2D eigenvalue weighted by Gasteiger charge is 2.27. The number of ether oxygens (including phenoxy) is 1. The van der Waals surface area contributed by atoms with Crippen molar-refractivity contribution in [3.8, 4) is 5.75 Å². The molecule has 1 unspecified atom stereocenters. The smallest absolute Gasteiger partial charge is 0.135 e. The average molecular weight is 300 g/mol. The zero-order chi connectivity index (χ0) is 15.7. The molecule has 0 saturated heterocycles. The summed E-state index contributed by atoms with van der Waals surface area (Å²) in [6.45, 7) is 1.35. The van der Waals surface area contributed by atoms with Gasteiger partial charge < -0.3 is 9.84 Å². The molecule has 0 heterocycles. The van der Waals surface area contributed by atoms with E-state index in [0.29, 0.717) is 0 Å². The summed E-state index contributed by atoms with van der Waals surface area (Å²) < 4.78 is 60.1. The largest absolute Gasteiger partial charge is 0.497 e. The lowest BCUT2D eigenvalue weighted by atomic mass is 9.97. The van der Waals surface area contributed by atoms with Crippen LogP contribution in [0.3, 0.4) is 0 Å². The topological polar surface area (TPSA) is 29.5 Å². The summed E-state index contributed by atoms with van der Waals surface area (Å²) in [4.78, 5) is 0. The summed E-state index contributed by atoms with van der Waals surface area (Å²) in [6.07, 6.45) is -2.10. The minimum absolute atomic E-state index is 0.0554. The Bertz CT molecular complexity index is 663. The molecule has 0 amide bonds. The van der Waals surface area contributed by atoms with Crippen molar-refractivity contribution in [1.82, 2.24) is 0 Å². The van der Waals surface area contributed by atoms with E-state index in [1.165, 1.54) is 20.1 Å². The van der Waals surface area contributed by atoms with E-state index >= 15 is 0 Å². The number of benzene rings is 2. The van der Waals surface area contributed by atoms with Crippen LogP contribution in [0.25, 0.3) is 0 Å². The average Bonchev–Trinajstić information content (AvgIpc) is 2.42. The van der Waals surface area contributed by atoms with Gasteiger partial charge in [0.25, 0.3) is 0 Å². The van der Waals surface area contributed by atoms with Gasteiger partial charge in [-0.05, 0) is 18.6 Å². The lowest BCUT2D eigenvalue weighted by molar-refractivity contribution is 0.198. The molecule has 0 fully saturated rings. The van der Waals surface area contributed by atoms with Crippen LogP contribution >= 0.6 is 0 Å². The molecule has 0 radical (unpaired) electrons. The van der Waals surface area contributed by atoms with Crippen molar-refractivity contribution in [2.75, 3.05) is 7.11 Å². The van der Waals surface area contributed by atoms with Crippen molar-refractivity contribution in [2.45, 2.75) is 13.0 Å². The van der Waals surface area contributed by atoms with Crippen LogP contribution in [0.4, 0.5) is 17.6 Å². The van der Waals surface area contributed by atoms with Crippen molar-refractivity contribution in [3.05, 3.63) is 64.2 Å². The zero-order valence-electron chi connectivity index (χ0n) is 11.3. The molecule has 2 aromatic rings. The number of rotatable bonds is 3. The van der Waals surface area contributed by atoms with Gasteiger partial charge in [0.15, 0.2) is 0 Å². The number of hydrogen-bond donors (Lipinski definition) is 1. The summed E-state index contributed by atoms with van der Waals surface area (Å²) in [6, 6.07) is 3.75. The molecule has 2 nitrogen and oxygen atoms in total. The number of aliphatic hydroxyl groups excluding tert-OH is 1. The van der Waals surface area contributed by atoms with Gasteiger partial charge in [-0.15, -0.1) is 0 Å². The van der Waals surface area contributed by atoms with Crippen LogP contribution in [0.2, 0.25) is 0 Å². The zero-order valence-corrected chi connectivity index (χ0v) is 11.3. The molecule has 1 atom stereocenters. The van der Waals surface area contributed by atoms with Crippen molar-refractivity contribution in [2.24, 2.45) is 0 Å². The molecule has 0 aliphatic heterocycles. The van der Waals surface area contributed by atoms with Gasteiger partial charge in [0.1, 0.15) is 35.1 Å². The third-order valence-electron chi connectivity index (χ3n) is 3.15. The Balaban J connectivity index is 2.61. The second-order valence-electron chi connectivity index (χ2n) is 4.50. The summed E-state index contributed by atoms with van der Waals surface area (Å²) in [5.41, 5.74) is -1.57. The Labute approximate surface area is 118 Å². The van der Waals surface area contributed by atoms with Crippen LogP contribution < -0.4 is 4.74 Å². The standard InChI is InChI=1S/C15H12F4O2/c1-7-3-4-9(16)13(14(7)19)15(20)12-10(17)5-8(21-2)6-11(12)18/h3-6,15,20H,1-2H3. The van der Waals surface area contributed by atoms with E-state index in [-0.39, 0.29) is 11.3 Å². The Morgan fingerprint density at radius 3 is 2.05 bits per heavy atom. The first-order valence-corrected chi connectivity index (χ1v) is 6.02. The Morgan fingerprint density at radius 1 is 0.952 bits per heavy atom. The van der Waals surface area contributed by atoms with E-state index in [2.05, 4.69) is 4.74 Å². The highest BCUT2D eigenvalue weighted by Crippen LogP contribution is 2.33. The molecule has 0 saturated carbocycles. The van der Waals surface area contributed by atoms with Gasteiger partial charge in [0, 0.05) is 12.1 Å². The lowest BCUT2D eigenvalue weighted by Gasteiger charge is -2.16. The molecule has 0 aliphatic rings. The number of halogens is 4. The SMILES string of the molecule is COc1cc(F)c(C(O)c2c(F)ccc(C)c2F)c(F)c1. The Morgan fingerprint density at radius 2 is 1.52 bits per heavy atom. The van der Waals surface area contributed by atoms with E-state index in [9.17, 15) is 22.7 Å². The third-order valence-corrected chi connectivity index (χ3v) is 3.15. The van der Waals surface area contributed by atoms with Crippen molar-refractivity contribution in [3.63, 3.8) is 0 Å². The van der Waals surface area contributed by atoms with Crippen LogP contribution in [0.15, 0.2) is 24.3 Å². The molecule has 21 heavy (non-hydrogen) atoms. The Hall–Kier alpha value is -2.08. The molecule has 112 valence electrons. The fraction of sp³-hybridized carbons (Fsp3) is 0.200. The normalized spacial score (nSPS) is 12.3. The van der Waals surface area contributed by atoms with Crippen LogP contribution in [-0.2, 0) is 0 Å². The second-order valence-corrected chi connectivity index (χ2v) is 4.50. The third kappa shape index (κ3) is 2.71. The predicted molar refractivity (Wildman–Crippen MR) is 68.1 cm³/mol. The molecular weight excluding hydrogens is 288 g/mol. The van der Waals surface area contributed by atoms with Crippen molar-refractivity contribution < 1.29 is 27.4 Å². The Kier molecular flexibility index (Phi) is 4.18. The second kappa shape index (κ2) is 5.73. The van der Waals surface area contributed by atoms with E-state index < -0.39 is 40.5 Å². The van der Waals surface area contributed by atoms with Crippen molar-refractivity contribution in [1.29, 1.82) is 0 Å². The first kappa shape index (κ1) is 15.3. The van der Waals surface area contributed by atoms with Gasteiger partial charge in [-0.2, -0.15) is 0 Å². The first-order chi connectivity index (χ1) is 9.86. The molecule has 2 rings (SSSR count). The molecule has 6 heteroatoms. The van der Waals surface area contributed by atoms with E-state index in [1.807, 2.05) is 0 Å². The first-order valence-electron chi connectivity index (χ1n) is 6.02. The fourth-order valence-electron chi connectivity index (χ4n) is 2.01. The maximum absolute atomic E-state index is 13.9. The summed E-state index contributed by atoms with van der Waals surface area (Å²) in [5, 5.41) is 10.0. The van der Waals surface area contributed by atoms with E-state index in [4.69, 9.17) is 0 Å². The number of methoxy groups -OCH3 is 1. The molecule has 0 aliphatic carbocycles. The highest BCUT2D eigenvalue weighted by molar-refractivity contribution is 5.39. The minimum Gasteiger partial charge on any atom is -0.497 e. The summed E-state index contributed by atoms with van der Waals surface area (Å²) in [5.74, 6) is -4.54. The van der Waals surface area contributed by atoms with Gasteiger partial charge in [-0.3, -0.25) is 0 Å². The van der Waals surface area contributed by atoms with Crippen molar-refractivity contribution >= 4 is 0 Å². The molecule has 1 N–H and O–H groups in total. The molecule has 0 bridgehead atoms. The number of aliphatic hydroxyl groups is 1. The fourth-order valence-corrected chi connectivity index (χ4v) is 2.01. The van der Waals surface area contributed by atoms with Gasteiger partial charge in [-0.25, -0.2) is 17.6 Å². The van der Waals surface area contributed by atoms with Crippen LogP contribution in [0.5, 0.6) is 5.75 Å². The molecule has 2 aromatic carbocycles. The lowest BCUT2D eigenvalue weighted by Crippen LogP contribution is -2.11. The maximum Gasteiger partial charge on any atom is 0.135 e. The number of aryl methyl sites for hydroxylation is 1. The van der Waals surface area contributed by atoms with Gasteiger partial charge >= 0.3 is 0 Å². The van der Waals surface area contributed by atoms with Crippen LogP contribution in [-0.4, -0.2) is 12.2 Å². The van der Waals surface area contributed by atoms with Crippen LogP contribution in [0.1, 0.15) is 22.8 Å². The van der Waals surface area contributed by atoms with Crippen LogP contribution in [0, 0.1) is 30.2 Å². The predicted octanol–water partition coefficient (Wildman–Crippen LogP) is 3.64. The molecule has 0 aromatic heterocycles. The van der Waals surface area contributed by atoms with Gasteiger partial charge in [0.2, 0.25) is 0 Å². The van der Waals surface area contributed by atoms with E-state index in [1.54, 1.807) is 0 Å². The quantitative estimate of drug-likeness (QED) is 0.877. The molecule has 0 spiro atoms. The van der Waals surface area contributed by atoms with E-state index in [0.717, 1.165) is 18.2 Å². The summed E-state index contributed by atoms with van der Waals surface area (Å²) in [7, 11) is 1.21. The van der Waals surface area contributed by atoms with Gasteiger partial charge in [0.05, 0.1) is 18.2 Å². The highest BCUT2D eigenvalue weighted by atomic mass is 19.1. The number of hydrogen-bond acceptors (Lipinski definition) is 2. The van der Waals surface area contributed by atoms with Gasteiger partial charge in [-0.1, -0.05) is 6.07 Å².